The highest BCUT2D eigenvalue weighted by atomic mass is 16.2. The fourth-order valence-corrected chi connectivity index (χ4v) is 2.78. The molecule has 0 N–H and O–H groups in total. The third-order valence-electron chi connectivity index (χ3n) is 4.23. The molecule has 0 saturated carbocycles. The Morgan fingerprint density at radius 3 is 2.76 bits per heavy atom. The van der Waals surface area contributed by atoms with Gasteiger partial charge in [0.1, 0.15) is 11.2 Å². The molecular weight excluding hydrogens is 266 g/mol. The zero-order valence-electron chi connectivity index (χ0n) is 12.4. The van der Waals surface area contributed by atoms with Crippen LogP contribution in [-0.2, 0) is 0 Å². The van der Waals surface area contributed by atoms with Crippen LogP contribution in [0.1, 0.15) is 35.7 Å². The van der Waals surface area contributed by atoms with Crippen LogP contribution in [-0.4, -0.2) is 33.3 Å². The largest absolute Gasteiger partial charge is 0.338 e. The summed E-state index contributed by atoms with van der Waals surface area (Å²) in [5.74, 6) is 0.447. The number of fused-ring (bicyclic) bond motifs is 1. The highest BCUT2D eigenvalue weighted by Crippen LogP contribution is 2.17. The molecule has 1 aliphatic heterocycles. The molecule has 110 valence electrons. The number of carbonyl (C=O) groups is 1. The van der Waals surface area contributed by atoms with E-state index in [4.69, 9.17) is 0 Å². The summed E-state index contributed by atoms with van der Waals surface area (Å²) in [6.45, 7) is 5.53. The predicted molar refractivity (Wildman–Crippen MR) is 80.5 cm³/mol. The Bertz CT molecular complexity index is 743. The van der Waals surface area contributed by atoms with Crippen LogP contribution in [0.2, 0.25) is 0 Å². The molecule has 5 nitrogen and oxygen atoms in total. The third kappa shape index (κ3) is 2.44. The Morgan fingerprint density at radius 1 is 1.33 bits per heavy atom. The highest BCUT2D eigenvalue weighted by molar-refractivity contribution is 5.93. The van der Waals surface area contributed by atoms with Crippen LogP contribution >= 0.6 is 0 Å². The first-order valence-corrected chi connectivity index (χ1v) is 7.34. The second-order valence-corrected chi connectivity index (χ2v) is 5.84. The van der Waals surface area contributed by atoms with Crippen LogP contribution in [0.15, 0.2) is 29.3 Å². The minimum atomic E-state index is -0.285. The molecule has 2 aromatic rings. The lowest BCUT2D eigenvalue weighted by molar-refractivity contribution is 0.0695. The van der Waals surface area contributed by atoms with E-state index in [2.05, 4.69) is 11.9 Å². The van der Waals surface area contributed by atoms with E-state index in [1.807, 2.05) is 13.0 Å². The zero-order chi connectivity index (χ0) is 15.0. The summed E-state index contributed by atoms with van der Waals surface area (Å²) in [5.41, 5.74) is 1.40. The number of nitrogens with zero attached hydrogens (tertiary/aromatic N) is 3. The molecule has 0 unspecified atom stereocenters. The van der Waals surface area contributed by atoms with Crippen molar-refractivity contribution in [2.45, 2.75) is 26.7 Å². The molecule has 2 aromatic heterocycles. The van der Waals surface area contributed by atoms with E-state index in [1.165, 1.54) is 10.6 Å². The van der Waals surface area contributed by atoms with Gasteiger partial charge in [-0.25, -0.2) is 4.98 Å². The van der Waals surface area contributed by atoms with Crippen LogP contribution in [0, 0.1) is 12.8 Å². The van der Waals surface area contributed by atoms with E-state index in [0.717, 1.165) is 31.5 Å². The molecule has 1 amide bonds. The number of likely N-dealkylation sites (tertiary alicyclic amines) is 1. The molecule has 0 aliphatic carbocycles. The lowest BCUT2D eigenvalue weighted by Crippen LogP contribution is -2.40. The van der Waals surface area contributed by atoms with Gasteiger partial charge < -0.3 is 4.90 Å². The standard InChI is InChI=1S/C16H19N3O2/c1-11-5-8-18(9-6-11)15(20)13-10-17-14-12(2)4-3-7-19(14)16(13)21/h3-4,7,10-11H,5-6,8-9H2,1-2H3. The van der Waals surface area contributed by atoms with Gasteiger partial charge in [-0.3, -0.25) is 14.0 Å². The van der Waals surface area contributed by atoms with Crippen molar-refractivity contribution in [3.8, 4) is 0 Å². The van der Waals surface area contributed by atoms with Crippen molar-refractivity contribution >= 4 is 11.6 Å². The average molecular weight is 285 g/mol. The van der Waals surface area contributed by atoms with Gasteiger partial charge in [0.2, 0.25) is 0 Å². The Labute approximate surface area is 123 Å². The highest BCUT2D eigenvalue weighted by Gasteiger charge is 2.24. The van der Waals surface area contributed by atoms with Crippen molar-refractivity contribution in [1.29, 1.82) is 0 Å². The molecule has 0 atom stereocenters. The zero-order valence-corrected chi connectivity index (χ0v) is 12.4. The maximum Gasteiger partial charge on any atom is 0.270 e. The van der Waals surface area contributed by atoms with E-state index in [9.17, 15) is 9.59 Å². The van der Waals surface area contributed by atoms with E-state index in [-0.39, 0.29) is 17.0 Å². The van der Waals surface area contributed by atoms with Gasteiger partial charge in [0.25, 0.3) is 11.5 Å². The Kier molecular flexibility index (Phi) is 3.49. The number of pyridine rings is 1. The van der Waals surface area contributed by atoms with E-state index in [1.54, 1.807) is 17.2 Å². The Balaban J connectivity index is 1.99. The van der Waals surface area contributed by atoms with Crippen molar-refractivity contribution < 1.29 is 4.79 Å². The van der Waals surface area contributed by atoms with Crippen LogP contribution in [0.5, 0.6) is 0 Å². The van der Waals surface area contributed by atoms with Crippen molar-refractivity contribution in [3.05, 3.63) is 46.0 Å². The van der Waals surface area contributed by atoms with Gasteiger partial charge in [-0.15, -0.1) is 0 Å². The summed E-state index contributed by atoms with van der Waals surface area (Å²) >= 11 is 0. The van der Waals surface area contributed by atoms with E-state index in [0.29, 0.717) is 11.6 Å². The van der Waals surface area contributed by atoms with Crippen LogP contribution in [0.3, 0.4) is 0 Å². The smallest absolute Gasteiger partial charge is 0.270 e. The number of carbonyl (C=O) groups excluding carboxylic acids is 1. The van der Waals surface area contributed by atoms with Crippen LogP contribution in [0.4, 0.5) is 0 Å². The third-order valence-corrected chi connectivity index (χ3v) is 4.23. The summed E-state index contributed by atoms with van der Waals surface area (Å²) in [5, 5.41) is 0. The van der Waals surface area contributed by atoms with Crippen LogP contribution < -0.4 is 5.56 Å². The fourth-order valence-electron chi connectivity index (χ4n) is 2.78. The lowest BCUT2D eigenvalue weighted by Gasteiger charge is -2.30. The molecule has 3 heterocycles. The number of amides is 1. The topological polar surface area (TPSA) is 54.7 Å². The first kappa shape index (κ1) is 13.8. The number of piperidine rings is 1. The summed E-state index contributed by atoms with van der Waals surface area (Å²) in [6, 6.07) is 3.69. The van der Waals surface area contributed by atoms with Crippen molar-refractivity contribution in [3.63, 3.8) is 0 Å². The molecule has 1 saturated heterocycles. The minimum Gasteiger partial charge on any atom is -0.338 e. The molecule has 1 fully saturated rings. The molecule has 5 heteroatoms. The summed E-state index contributed by atoms with van der Waals surface area (Å²) in [6.07, 6.45) is 5.07. The van der Waals surface area contributed by atoms with Gasteiger partial charge >= 0.3 is 0 Å². The molecule has 0 radical (unpaired) electrons. The normalized spacial score (nSPS) is 16.4. The predicted octanol–water partition coefficient (Wildman–Crippen LogP) is 1.88. The first-order chi connectivity index (χ1) is 10.1. The van der Waals surface area contributed by atoms with Crippen molar-refractivity contribution in [1.82, 2.24) is 14.3 Å². The number of rotatable bonds is 1. The number of hydrogen-bond acceptors (Lipinski definition) is 3. The molecular formula is C16H19N3O2. The van der Waals surface area contributed by atoms with Gasteiger partial charge in [-0.2, -0.15) is 0 Å². The van der Waals surface area contributed by atoms with Gasteiger partial charge in [0, 0.05) is 25.5 Å². The fraction of sp³-hybridized carbons (Fsp3) is 0.438. The molecule has 0 bridgehead atoms. The number of aromatic nitrogens is 2. The maximum absolute atomic E-state index is 12.5. The average Bonchev–Trinajstić information content (AvgIpc) is 2.49. The molecule has 0 spiro atoms. The van der Waals surface area contributed by atoms with E-state index >= 15 is 0 Å². The summed E-state index contributed by atoms with van der Waals surface area (Å²) in [4.78, 5) is 31.1. The quantitative estimate of drug-likeness (QED) is 0.804. The molecule has 3 rings (SSSR count). The SMILES string of the molecule is Cc1cccn2c(=O)c(C(=O)N3CCC(C)CC3)cnc12. The van der Waals surface area contributed by atoms with Crippen molar-refractivity contribution in [2.24, 2.45) is 5.92 Å². The van der Waals surface area contributed by atoms with Gasteiger partial charge in [-0.05, 0) is 37.3 Å². The number of hydrogen-bond donors (Lipinski definition) is 0. The van der Waals surface area contributed by atoms with E-state index < -0.39 is 0 Å². The second-order valence-electron chi connectivity index (χ2n) is 5.84. The first-order valence-electron chi connectivity index (χ1n) is 7.34. The van der Waals surface area contributed by atoms with Gasteiger partial charge in [-0.1, -0.05) is 13.0 Å². The van der Waals surface area contributed by atoms with Crippen LogP contribution in [0.25, 0.3) is 5.65 Å². The lowest BCUT2D eigenvalue weighted by atomic mass is 9.99. The Morgan fingerprint density at radius 2 is 2.05 bits per heavy atom. The monoisotopic (exact) mass is 285 g/mol. The van der Waals surface area contributed by atoms with Gasteiger partial charge in [0.05, 0.1) is 0 Å². The number of aryl methyl sites for hydroxylation is 1. The second kappa shape index (κ2) is 5.31. The summed E-state index contributed by atoms with van der Waals surface area (Å²) in [7, 11) is 0. The Hall–Kier alpha value is -2.17. The molecule has 0 aromatic carbocycles. The summed E-state index contributed by atoms with van der Waals surface area (Å²) < 4.78 is 1.45. The molecule has 21 heavy (non-hydrogen) atoms. The minimum absolute atomic E-state index is 0.160. The molecule has 1 aliphatic rings. The van der Waals surface area contributed by atoms with Gasteiger partial charge in [0.15, 0.2) is 0 Å². The maximum atomic E-state index is 12.5. The van der Waals surface area contributed by atoms with Crippen molar-refractivity contribution in [2.75, 3.05) is 13.1 Å².